The van der Waals surface area contributed by atoms with E-state index in [2.05, 4.69) is 25.8 Å². The van der Waals surface area contributed by atoms with Gasteiger partial charge in [0.05, 0.1) is 0 Å². The molecule has 2 heteroatoms. The van der Waals surface area contributed by atoms with Crippen molar-refractivity contribution in [1.29, 1.82) is 0 Å². The van der Waals surface area contributed by atoms with Gasteiger partial charge in [0.25, 0.3) is 0 Å². The van der Waals surface area contributed by atoms with E-state index in [0.717, 1.165) is 0 Å². The number of hydrogen-bond acceptors (Lipinski definition) is 2. The van der Waals surface area contributed by atoms with Crippen molar-refractivity contribution < 1.29 is 0 Å². The highest BCUT2D eigenvalue weighted by atomic mass is 15.2. The minimum absolute atomic E-state index is 0.357. The molecule has 1 saturated carbocycles. The molecular formula is C12H24N2. The van der Waals surface area contributed by atoms with Gasteiger partial charge in [-0.2, -0.15) is 0 Å². The molecule has 2 aliphatic rings. The van der Waals surface area contributed by atoms with Gasteiger partial charge in [-0.15, -0.1) is 0 Å². The lowest BCUT2D eigenvalue weighted by Crippen LogP contribution is -2.55. The minimum atomic E-state index is 0.357. The highest BCUT2D eigenvalue weighted by Crippen LogP contribution is 2.46. The Kier molecular flexibility index (Phi) is 2.39. The number of hydrogen-bond donors (Lipinski definition) is 1. The molecule has 1 aliphatic heterocycles. The van der Waals surface area contributed by atoms with Crippen molar-refractivity contribution >= 4 is 0 Å². The van der Waals surface area contributed by atoms with Gasteiger partial charge >= 0.3 is 0 Å². The van der Waals surface area contributed by atoms with Gasteiger partial charge in [-0.1, -0.05) is 13.8 Å². The van der Waals surface area contributed by atoms with Crippen molar-refractivity contribution in [1.82, 2.24) is 4.90 Å². The number of likely N-dealkylation sites (N-methyl/N-ethyl adjacent to an activating group) is 1. The smallest absolute Gasteiger partial charge is 0.0358 e. The summed E-state index contributed by atoms with van der Waals surface area (Å²) < 4.78 is 0. The first-order valence-corrected chi connectivity index (χ1v) is 5.93. The summed E-state index contributed by atoms with van der Waals surface area (Å²) >= 11 is 0. The average Bonchev–Trinajstić information content (AvgIpc) is 2.39. The van der Waals surface area contributed by atoms with Gasteiger partial charge in [-0.05, 0) is 51.1 Å². The van der Waals surface area contributed by atoms with E-state index in [4.69, 9.17) is 5.73 Å². The van der Waals surface area contributed by atoms with Crippen molar-refractivity contribution in [2.45, 2.75) is 57.5 Å². The molecule has 2 N–H and O–H groups in total. The molecule has 1 atom stereocenters. The number of rotatable bonds is 0. The molecule has 2 rings (SSSR count). The Labute approximate surface area is 87.8 Å². The lowest BCUT2D eigenvalue weighted by molar-refractivity contribution is 0.0573. The highest BCUT2D eigenvalue weighted by Gasteiger charge is 2.48. The Morgan fingerprint density at radius 1 is 1.14 bits per heavy atom. The summed E-state index contributed by atoms with van der Waals surface area (Å²) in [5, 5.41) is 0. The molecule has 0 radical (unpaired) electrons. The molecule has 1 heterocycles. The first-order valence-electron chi connectivity index (χ1n) is 5.93. The van der Waals surface area contributed by atoms with Crippen LogP contribution >= 0.6 is 0 Å². The van der Waals surface area contributed by atoms with Crippen LogP contribution in [0.4, 0.5) is 0 Å². The van der Waals surface area contributed by atoms with Crippen LogP contribution in [-0.4, -0.2) is 30.1 Å². The summed E-state index contributed by atoms with van der Waals surface area (Å²) in [7, 11) is 2.26. The molecular weight excluding hydrogens is 172 g/mol. The van der Waals surface area contributed by atoms with E-state index in [0.29, 0.717) is 17.0 Å². The summed E-state index contributed by atoms with van der Waals surface area (Å²) in [5.41, 5.74) is 7.19. The summed E-state index contributed by atoms with van der Waals surface area (Å²) in [4.78, 5) is 2.52. The van der Waals surface area contributed by atoms with Gasteiger partial charge in [-0.3, -0.25) is 4.90 Å². The number of likely N-dealkylation sites (tertiary alicyclic amines) is 1. The zero-order valence-electron chi connectivity index (χ0n) is 9.84. The predicted molar refractivity (Wildman–Crippen MR) is 60.2 cm³/mol. The van der Waals surface area contributed by atoms with Gasteiger partial charge in [-0.25, -0.2) is 0 Å². The first kappa shape index (κ1) is 10.4. The fraction of sp³-hybridized carbons (Fsp3) is 1.00. The van der Waals surface area contributed by atoms with Crippen LogP contribution in [0.5, 0.6) is 0 Å². The van der Waals surface area contributed by atoms with Crippen LogP contribution in [0.2, 0.25) is 0 Å². The molecule has 0 amide bonds. The third-order valence-corrected chi connectivity index (χ3v) is 4.70. The van der Waals surface area contributed by atoms with Gasteiger partial charge in [0, 0.05) is 11.6 Å². The predicted octanol–water partition coefficient (Wildman–Crippen LogP) is 1.99. The van der Waals surface area contributed by atoms with Gasteiger partial charge in [0.15, 0.2) is 0 Å². The summed E-state index contributed by atoms with van der Waals surface area (Å²) in [5.74, 6) is 0. The Balaban J connectivity index is 2.11. The van der Waals surface area contributed by atoms with Crippen LogP contribution in [0, 0.1) is 5.41 Å². The Morgan fingerprint density at radius 2 is 1.71 bits per heavy atom. The van der Waals surface area contributed by atoms with Crippen molar-refractivity contribution in [3.8, 4) is 0 Å². The van der Waals surface area contributed by atoms with Crippen molar-refractivity contribution in [2.24, 2.45) is 11.1 Å². The highest BCUT2D eigenvalue weighted by molar-refractivity contribution is 5.06. The summed E-state index contributed by atoms with van der Waals surface area (Å²) in [6.45, 7) is 5.97. The van der Waals surface area contributed by atoms with Crippen molar-refractivity contribution in [3.63, 3.8) is 0 Å². The second-order valence-electron chi connectivity index (χ2n) is 6.08. The van der Waals surface area contributed by atoms with E-state index in [1.54, 1.807) is 0 Å². The van der Waals surface area contributed by atoms with Crippen LogP contribution in [-0.2, 0) is 0 Å². The lowest BCUT2D eigenvalue weighted by Gasteiger charge is -2.47. The maximum absolute atomic E-state index is 6.28. The van der Waals surface area contributed by atoms with E-state index >= 15 is 0 Å². The quantitative estimate of drug-likeness (QED) is 0.642. The molecule has 0 bridgehead atoms. The van der Waals surface area contributed by atoms with Crippen LogP contribution in [0.25, 0.3) is 0 Å². The van der Waals surface area contributed by atoms with E-state index in [1.165, 1.54) is 38.6 Å². The Hall–Kier alpha value is -0.0800. The Bertz CT molecular complexity index is 200. The lowest BCUT2D eigenvalue weighted by atomic mass is 9.67. The fourth-order valence-electron chi connectivity index (χ4n) is 3.22. The fourth-order valence-corrected chi connectivity index (χ4v) is 3.22. The third kappa shape index (κ3) is 1.49. The van der Waals surface area contributed by atoms with Gasteiger partial charge in [0.2, 0.25) is 0 Å². The summed E-state index contributed by atoms with van der Waals surface area (Å²) in [6.07, 6.45) is 6.47. The molecule has 1 unspecified atom stereocenters. The van der Waals surface area contributed by atoms with E-state index in [-0.39, 0.29) is 0 Å². The molecule has 2 nitrogen and oxygen atoms in total. The van der Waals surface area contributed by atoms with E-state index in [1.807, 2.05) is 0 Å². The average molecular weight is 196 g/mol. The van der Waals surface area contributed by atoms with E-state index in [9.17, 15) is 0 Å². The molecule has 1 spiro atoms. The Morgan fingerprint density at radius 3 is 2.14 bits per heavy atom. The molecule has 1 saturated heterocycles. The zero-order chi connectivity index (χ0) is 10.4. The van der Waals surface area contributed by atoms with Crippen LogP contribution in [0.15, 0.2) is 0 Å². The standard InChI is InChI=1S/C12H24N2/c1-11(2)5-7-12(8-6-11)10(13)4-9-14(12)3/h10H,4-9,13H2,1-3H3. The topological polar surface area (TPSA) is 29.3 Å². The summed E-state index contributed by atoms with van der Waals surface area (Å²) in [6, 6.07) is 0.420. The van der Waals surface area contributed by atoms with Gasteiger partial charge in [0.1, 0.15) is 0 Å². The first-order chi connectivity index (χ1) is 6.46. The zero-order valence-corrected chi connectivity index (χ0v) is 9.84. The van der Waals surface area contributed by atoms with Crippen LogP contribution in [0.1, 0.15) is 46.0 Å². The van der Waals surface area contributed by atoms with Crippen molar-refractivity contribution in [3.05, 3.63) is 0 Å². The molecule has 1 aliphatic carbocycles. The molecule has 2 fully saturated rings. The third-order valence-electron chi connectivity index (χ3n) is 4.70. The van der Waals surface area contributed by atoms with Gasteiger partial charge < -0.3 is 5.73 Å². The number of nitrogens with zero attached hydrogens (tertiary/aromatic N) is 1. The SMILES string of the molecule is CN1CCC(N)C12CCC(C)(C)CC2. The molecule has 82 valence electrons. The van der Waals surface area contributed by atoms with Crippen LogP contribution < -0.4 is 5.73 Å². The molecule has 0 aromatic heterocycles. The molecule has 0 aromatic rings. The maximum atomic E-state index is 6.28. The van der Waals surface area contributed by atoms with Crippen LogP contribution in [0.3, 0.4) is 0 Å². The largest absolute Gasteiger partial charge is 0.326 e. The minimum Gasteiger partial charge on any atom is -0.326 e. The van der Waals surface area contributed by atoms with E-state index < -0.39 is 0 Å². The second-order valence-corrected chi connectivity index (χ2v) is 6.08. The monoisotopic (exact) mass is 196 g/mol. The second kappa shape index (κ2) is 3.21. The van der Waals surface area contributed by atoms with Crippen molar-refractivity contribution in [2.75, 3.05) is 13.6 Å². The molecule has 14 heavy (non-hydrogen) atoms. The maximum Gasteiger partial charge on any atom is 0.0358 e. The molecule has 0 aromatic carbocycles. The number of nitrogens with two attached hydrogens (primary N) is 1. The normalized spacial score (nSPS) is 36.4.